The summed E-state index contributed by atoms with van der Waals surface area (Å²) in [5, 5.41) is 7.57. The highest BCUT2D eigenvalue weighted by molar-refractivity contribution is 5.77. The van der Waals surface area contributed by atoms with Crippen LogP contribution in [0.25, 0.3) is 0 Å². The van der Waals surface area contributed by atoms with Crippen LogP contribution in [0.2, 0.25) is 0 Å². The average Bonchev–Trinajstić information content (AvgIpc) is 2.35. The van der Waals surface area contributed by atoms with Crippen LogP contribution < -0.4 is 6.15 Å². The minimum absolute atomic E-state index is 0. The molecule has 0 aromatic carbocycles. The van der Waals surface area contributed by atoms with Crippen LogP contribution in [0.5, 0.6) is 0 Å². The van der Waals surface area contributed by atoms with Crippen LogP contribution in [0.4, 0.5) is 65.9 Å². The molecule has 0 bridgehead atoms. The van der Waals surface area contributed by atoms with E-state index in [2.05, 4.69) is 0 Å². The first-order valence-corrected chi connectivity index (χ1v) is 5.01. The molecule has 27 heavy (non-hydrogen) atoms. The lowest BCUT2D eigenvalue weighted by Crippen LogP contribution is -2.73. The maximum absolute atomic E-state index is 12.8. The summed E-state index contributed by atoms with van der Waals surface area (Å²) in [6.45, 7) is 0. The maximum Gasteiger partial charge on any atom is 0.460 e. The lowest BCUT2D eigenvalue weighted by molar-refractivity contribution is -0.450. The Hall–Kier alpha value is -1.66. The summed E-state index contributed by atoms with van der Waals surface area (Å²) in [5.41, 5.74) is 0. The van der Waals surface area contributed by atoms with Crippen molar-refractivity contribution in [2.24, 2.45) is 0 Å². The molecule has 0 fully saturated rings. The van der Waals surface area contributed by atoms with Crippen LogP contribution in [-0.4, -0.2) is 58.3 Å². The lowest BCUT2D eigenvalue weighted by Gasteiger charge is -2.40. The third-order valence-electron chi connectivity index (χ3n) is 2.60. The van der Waals surface area contributed by atoms with Gasteiger partial charge in [-0.05, 0) is 0 Å². The number of halogens is 15. The molecular weight excluding hydrogens is 443 g/mol. The van der Waals surface area contributed by atoms with E-state index in [-0.39, 0.29) is 11.6 Å². The fourth-order valence-corrected chi connectivity index (χ4v) is 1.10. The third kappa shape index (κ3) is 3.57. The van der Waals surface area contributed by atoms with Gasteiger partial charge in [-0.1, -0.05) is 0 Å². The van der Waals surface area contributed by atoms with E-state index in [4.69, 9.17) is 5.11 Å². The molecular formula is C8H6F15NO3. The summed E-state index contributed by atoms with van der Waals surface area (Å²) in [6.07, 6.45) is -7.69. The van der Waals surface area contributed by atoms with E-state index < -0.39 is 47.7 Å². The van der Waals surface area contributed by atoms with E-state index in [1.165, 1.54) is 0 Å². The predicted octanol–water partition coefficient (Wildman–Crippen LogP) is 3.78. The van der Waals surface area contributed by atoms with Crippen molar-refractivity contribution in [3.8, 4) is 0 Å². The standard InChI is InChI=1S/C8HF15O2.H3N.H2O/c9-2(10,1(24)25)3(11,12)4(13,14)5(15,16)6(17,18)7(19,20)8(21,22)23;;/h(H,24,25);1H3;1H2. The number of alkyl halides is 15. The molecule has 0 radical (unpaired) electrons. The van der Waals surface area contributed by atoms with Crippen molar-refractivity contribution in [1.29, 1.82) is 0 Å². The SMILES string of the molecule is N.O.O=C(O)C(F)(F)C(F)(F)C(F)(F)C(F)(F)C(F)(F)C(F)(F)C(F)(F)F. The fraction of sp³-hybridized carbons (Fsp3) is 0.875. The molecule has 0 aromatic heterocycles. The summed E-state index contributed by atoms with van der Waals surface area (Å²) in [7, 11) is 0. The molecule has 0 aliphatic rings. The molecule has 0 rings (SSSR count). The van der Waals surface area contributed by atoms with E-state index >= 15 is 0 Å². The molecule has 4 nitrogen and oxygen atoms in total. The molecule has 0 spiro atoms. The van der Waals surface area contributed by atoms with Gasteiger partial charge in [-0.15, -0.1) is 0 Å². The lowest BCUT2D eigenvalue weighted by atomic mass is 9.91. The third-order valence-corrected chi connectivity index (χ3v) is 2.60. The summed E-state index contributed by atoms with van der Waals surface area (Å²) in [5.74, 6) is -52.8. The van der Waals surface area contributed by atoms with Crippen LogP contribution in [0.15, 0.2) is 0 Å². The molecule has 0 amide bonds. The van der Waals surface area contributed by atoms with E-state index in [1.807, 2.05) is 0 Å². The minimum Gasteiger partial charge on any atom is -0.477 e. The fourth-order valence-electron chi connectivity index (χ4n) is 1.10. The molecule has 0 aliphatic heterocycles. The van der Waals surface area contributed by atoms with E-state index in [0.717, 1.165) is 0 Å². The van der Waals surface area contributed by atoms with Gasteiger partial charge in [0.15, 0.2) is 0 Å². The Bertz CT molecular complexity index is 540. The largest absolute Gasteiger partial charge is 0.477 e. The molecule has 166 valence electrons. The van der Waals surface area contributed by atoms with Gasteiger partial charge >= 0.3 is 47.7 Å². The van der Waals surface area contributed by atoms with Crippen LogP contribution in [-0.2, 0) is 4.79 Å². The highest BCUT2D eigenvalue weighted by atomic mass is 19.4. The monoisotopic (exact) mass is 449 g/mol. The van der Waals surface area contributed by atoms with Crippen molar-refractivity contribution in [3.05, 3.63) is 0 Å². The van der Waals surface area contributed by atoms with Crippen LogP contribution >= 0.6 is 0 Å². The molecule has 0 aromatic rings. The van der Waals surface area contributed by atoms with E-state index in [9.17, 15) is 70.7 Å². The molecule has 0 atom stereocenters. The Kier molecular flexibility index (Phi) is 7.86. The van der Waals surface area contributed by atoms with Crippen molar-refractivity contribution < 1.29 is 81.2 Å². The van der Waals surface area contributed by atoms with Crippen LogP contribution in [0.3, 0.4) is 0 Å². The van der Waals surface area contributed by atoms with Gasteiger partial charge in [0.25, 0.3) is 0 Å². The van der Waals surface area contributed by atoms with E-state index in [0.29, 0.717) is 0 Å². The summed E-state index contributed by atoms with van der Waals surface area (Å²) < 4.78 is 187. The van der Waals surface area contributed by atoms with Gasteiger partial charge in [-0.3, -0.25) is 0 Å². The highest BCUT2D eigenvalue weighted by Crippen LogP contribution is 2.62. The number of carbonyl (C=O) groups is 1. The molecule has 6 N–H and O–H groups in total. The number of carboxylic acids is 1. The Morgan fingerprint density at radius 1 is 0.519 bits per heavy atom. The van der Waals surface area contributed by atoms with Gasteiger partial charge in [-0.2, -0.15) is 65.9 Å². The summed E-state index contributed by atoms with van der Waals surface area (Å²) >= 11 is 0. The van der Waals surface area contributed by atoms with Gasteiger partial charge in [0, 0.05) is 0 Å². The van der Waals surface area contributed by atoms with Gasteiger partial charge in [0.1, 0.15) is 0 Å². The zero-order chi connectivity index (χ0) is 21.1. The first-order valence-electron chi connectivity index (χ1n) is 5.01. The minimum atomic E-state index is -8.47. The Balaban J connectivity index is -0.00000288. The number of rotatable bonds is 6. The first-order chi connectivity index (χ1) is 10.4. The highest BCUT2D eigenvalue weighted by Gasteiger charge is 2.94. The second-order valence-corrected chi connectivity index (χ2v) is 4.25. The summed E-state index contributed by atoms with van der Waals surface area (Å²) in [6, 6.07) is 0. The molecule has 0 heterocycles. The average molecular weight is 449 g/mol. The van der Waals surface area contributed by atoms with Gasteiger partial charge in [0.2, 0.25) is 0 Å². The second-order valence-electron chi connectivity index (χ2n) is 4.25. The second kappa shape index (κ2) is 7.06. The van der Waals surface area contributed by atoms with Crippen LogP contribution in [0, 0.1) is 0 Å². The van der Waals surface area contributed by atoms with Crippen molar-refractivity contribution in [2.75, 3.05) is 0 Å². The first kappa shape index (κ1) is 30.1. The Morgan fingerprint density at radius 2 is 0.741 bits per heavy atom. The van der Waals surface area contributed by atoms with Crippen LogP contribution in [0.1, 0.15) is 0 Å². The zero-order valence-corrected chi connectivity index (χ0v) is 11.7. The van der Waals surface area contributed by atoms with Crippen molar-refractivity contribution >= 4 is 5.97 Å². The number of hydrogen-bond acceptors (Lipinski definition) is 2. The molecule has 0 aliphatic carbocycles. The van der Waals surface area contributed by atoms with Crippen molar-refractivity contribution in [2.45, 2.75) is 41.7 Å². The maximum atomic E-state index is 12.8. The molecule has 0 saturated heterocycles. The van der Waals surface area contributed by atoms with Gasteiger partial charge in [0.05, 0.1) is 0 Å². The number of aliphatic carboxylic acids is 1. The molecule has 0 unspecified atom stereocenters. The van der Waals surface area contributed by atoms with Gasteiger partial charge in [-0.25, -0.2) is 4.79 Å². The molecule has 0 saturated carbocycles. The Labute approximate surface area is 136 Å². The smallest absolute Gasteiger partial charge is 0.460 e. The normalized spacial score (nSPS) is 14.9. The number of hydrogen-bond donors (Lipinski definition) is 2. The van der Waals surface area contributed by atoms with Gasteiger partial charge < -0.3 is 16.7 Å². The zero-order valence-electron chi connectivity index (χ0n) is 11.7. The van der Waals surface area contributed by atoms with Crippen molar-refractivity contribution in [1.82, 2.24) is 6.15 Å². The topological polar surface area (TPSA) is 104 Å². The summed E-state index contributed by atoms with van der Waals surface area (Å²) in [4.78, 5) is 9.72. The quantitative estimate of drug-likeness (QED) is 0.604. The molecule has 19 heteroatoms. The Morgan fingerprint density at radius 3 is 0.963 bits per heavy atom. The van der Waals surface area contributed by atoms with E-state index in [1.54, 1.807) is 0 Å². The predicted molar refractivity (Wildman–Crippen MR) is 52.0 cm³/mol. The number of carboxylic acid groups (broad SMARTS) is 1. The van der Waals surface area contributed by atoms with Crippen molar-refractivity contribution in [3.63, 3.8) is 0 Å².